The second-order valence-corrected chi connectivity index (χ2v) is 9.57. The Balaban J connectivity index is 1.71. The van der Waals surface area contributed by atoms with Gasteiger partial charge in [-0.3, -0.25) is 8.87 Å². The van der Waals surface area contributed by atoms with E-state index in [2.05, 4.69) is 68.3 Å². The van der Waals surface area contributed by atoms with Crippen LogP contribution in [0.3, 0.4) is 0 Å². The third-order valence-corrected chi connectivity index (χ3v) is 7.73. The first-order valence-electron chi connectivity index (χ1n) is 9.83. The van der Waals surface area contributed by atoms with E-state index in [1.165, 1.54) is 33.2 Å². The Labute approximate surface area is 188 Å². The van der Waals surface area contributed by atoms with Crippen LogP contribution in [0.4, 0.5) is 0 Å². The summed E-state index contributed by atoms with van der Waals surface area (Å²) < 4.78 is 2.23. The smallest absolute Gasteiger partial charge is 0.0991 e. The number of nitriles is 1. The van der Waals surface area contributed by atoms with Crippen molar-refractivity contribution in [2.75, 3.05) is 6.54 Å². The fourth-order valence-electron chi connectivity index (χ4n) is 4.52. The van der Waals surface area contributed by atoms with E-state index >= 15 is 0 Å². The lowest BCUT2D eigenvalue weighted by Gasteiger charge is -2.38. The minimum absolute atomic E-state index is 0.156. The van der Waals surface area contributed by atoms with Gasteiger partial charge in [0.1, 0.15) is 0 Å². The highest BCUT2D eigenvalue weighted by atomic mass is 127. The maximum Gasteiger partial charge on any atom is 0.0991 e. The molecule has 4 nitrogen and oxygen atoms in total. The fraction of sp³-hybridized carbons (Fsp3) is 0.348. The quantitative estimate of drug-likeness (QED) is 0.453. The van der Waals surface area contributed by atoms with Gasteiger partial charge in [-0.05, 0) is 67.1 Å². The minimum atomic E-state index is -0.275. The molecular weight excluding hydrogens is 493 g/mol. The average molecular weight is 517 g/mol. The molecule has 4 rings (SSSR count). The van der Waals surface area contributed by atoms with E-state index in [9.17, 15) is 5.11 Å². The summed E-state index contributed by atoms with van der Waals surface area (Å²) in [6, 6.07) is 14.7. The summed E-state index contributed by atoms with van der Waals surface area (Å²) in [6.07, 6.45) is 3.40. The molecule has 1 aliphatic heterocycles. The monoisotopic (exact) mass is 517 g/mol. The molecule has 1 N–H and O–H groups in total. The number of benzene rings is 2. The molecule has 2 unspecified atom stereocenters. The lowest BCUT2D eigenvalue weighted by molar-refractivity contribution is 0.0365. The molecular formula is C23H24IN3OS. The number of aliphatic hydroxyl groups is 1. The molecule has 0 spiro atoms. The zero-order valence-electron chi connectivity index (χ0n) is 16.6. The van der Waals surface area contributed by atoms with Crippen molar-refractivity contribution in [2.45, 2.75) is 45.4 Å². The highest BCUT2D eigenvalue weighted by Crippen LogP contribution is 2.36. The number of piperidine rings is 1. The third-order valence-electron chi connectivity index (χ3n) is 6.01. The molecule has 2 aromatic carbocycles. The van der Waals surface area contributed by atoms with Crippen molar-refractivity contribution in [1.29, 1.82) is 5.26 Å². The van der Waals surface area contributed by atoms with Crippen LogP contribution in [0.15, 0.2) is 42.6 Å². The number of hydrogen-bond acceptors (Lipinski definition) is 4. The molecule has 0 aliphatic carbocycles. The highest BCUT2D eigenvalue weighted by Gasteiger charge is 2.29. The summed E-state index contributed by atoms with van der Waals surface area (Å²) in [5.41, 5.74) is 7.11. The number of nitrogens with zero attached hydrogens (tertiary/aromatic N) is 3. The van der Waals surface area contributed by atoms with Gasteiger partial charge in [-0.15, -0.1) is 0 Å². The Bertz CT molecular complexity index is 1070. The third kappa shape index (κ3) is 4.06. The van der Waals surface area contributed by atoms with Gasteiger partial charge in [-0.25, -0.2) is 0 Å². The highest BCUT2D eigenvalue weighted by molar-refractivity contribution is 14.2. The number of likely N-dealkylation sites (tertiary alicyclic amines) is 1. The van der Waals surface area contributed by atoms with Gasteiger partial charge in [0.2, 0.25) is 0 Å². The molecule has 29 heavy (non-hydrogen) atoms. The number of aromatic nitrogens is 1. The number of aryl methyl sites for hydroxylation is 2. The Kier molecular flexibility index (Phi) is 6.21. The Morgan fingerprint density at radius 3 is 2.66 bits per heavy atom. The average Bonchev–Trinajstić information content (AvgIpc) is 3.16. The molecule has 2 atom stereocenters. The standard InChI is InChI=1S/C23H24IN3OS/c1-15-11-16(2)23-20(8-10-27(23)29-24)21(15)14-26-9-7-19(28)12-22(26)18-5-3-17(13-25)4-6-18/h3-6,8,10-11,19,22,28H,7,9,12,14H2,1-2H3. The first kappa shape index (κ1) is 20.7. The molecule has 150 valence electrons. The molecule has 6 heteroatoms. The van der Waals surface area contributed by atoms with Crippen LogP contribution in [0.25, 0.3) is 10.9 Å². The Morgan fingerprint density at radius 2 is 1.97 bits per heavy atom. The predicted molar refractivity (Wildman–Crippen MR) is 128 cm³/mol. The number of rotatable bonds is 4. The number of hydrogen-bond donors (Lipinski definition) is 1. The summed E-state index contributed by atoms with van der Waals surface area (Å²) in [5, 5.41) is 20.8. The molecule has 1 aromatic heterocycles. The summed E-state index contributed by atoms with van der Waals surface area (Å²) in [7, 11) is 1.69. The van der Waals surface area contributed by atoms with Gasteiger partial charge in [0.15, 0.2) is 0 Å². The maximum atomic E-state index is 10.3. The zero-order valence-corrected chi connectivity index (χ0v) is 19.6. The van der Waals surface area contributed by atoms with Crippen molar-refractivity contribution in [3.05, 3.63) is 70.4 Å². The summed E-state index contributed by atoms with van der Waals surface area (Å²) >= 11 is 2.33. The van der Waals surface area contributed by atoms with E-state index in [4.69, 9.17) is 5.26 Å². The van der Waals surface area contributed by atoms with Gasteiger partial charge in [-0.1, -0.05) is 18.2 Å². The van der Waals surface area contributed by atoms with Crippen molar-refractivity contribution >= 4 is 41.2 Å². The van der Waals surface area contributed by atoms with Crippen molar-refractivity contribution in [3.63, 3.8) is 0 Å². The van der Waals surface area contributed by atoms with E-state index in [0.29, 0.717) is 5.56 Å². The molecule has 0 amide bonds. The molecule has 1 aliphatic rings. The second-order valence-electron chi connectivity index (χ2n) is 7.86. The molecule has 0 radical (unpaired) electrons. The lowest BCUT2D eigenvalue weighted by Crippen LogP contribution is -2.38. The van der Waals surface area contributed by atoms with Crippen LogP contribution in [0.1, 0.15) is 46.7 Å². The Morgan fingerprint density at radius 1 is 1.21 bits per heavy atom. The Hall–Kier alpha value is -1.53. The van der Waals surface area contributed by atoms with Gasteiger partial charge in [0, 0.05) is 61.0 Å². The van der Waals surface area contributed by atoms with Gasteiger partial charge in [0.05, 0.1) is 23.3 Å². The van der Waals surface area contributed by atoms with E-state index in [1.807, 2.05) is 24.3 Å². The van der Waals surface area contributed by atoms with Crippen LogP contribution in [0.5, 0.6) is 0 Å². The van der Waals surface area contributed by atoms with E-state index in [-0.39, 0.29) is 12.1 Å². The molecule has 2 heterocycles. The van der Waals surface area contributed by atoms with Crippen molar-refractivity contribution in [3.8, 4) is 6.07 Å². The van der Waals surface area contributed by atoms with Crippen LogP contribution in [-0.4, -0.2) is 26.6 Å². The van der Waals surface area contributed by atoms with Crippen molar-refractivity contribution in [2.24, 2.45) is 0 Å². The molecule has 1 fully saturated rings. The van der Waals surface area contributed by atoms with Crippen LogP contribution >= 0.6 is 30.3 Å². The van der Waals surface area contributed by atoms with E-state index < -0.39 is 0 Å². The number of halogens is 1. The number of fused-ring (bicyclic) bond motifs is 1. The van der Waals surface area contributed by atoms with Crippen LogP contribution in [0.2, 0.25) is 0 Å². The van der Waals surface area contributed by atoms with E-state index in [1.54, 1.807) is 9.12 Å². The first-order valence-corrected chi connectivity index (χ1v) is 13.1. The molecule has 0 saturated carbocycles. The summed E-state index contributed by atoms with van der Waals surface area (Å²) in [4.78, 5) is 2.49. The predicted octanol–water partition coefficient (Wildman–Crippen LogP) is 5.67. The lowest BCUT2D eigenvalue weighted by atomic mass is 9.91. The molecule has 1 saturated heterocycles. The van der Waals surface area contributed by atoms with Gasteiger partial charge in [-0.2, -0.15) is 5.26 Å². The molecule has 3 aromatic rings. The molecule has 0 bridgehead atoms. The van der Waals surface area contributed by atoms with E-state index in [0.717, 1.165) is 25.9 Å². The zero-order chi connectivity index (χ0) is 20.5. The minimum Gasteiger partial charge on any atom is -0.393 e. The summed E-state index contributed by atoms with van der Waals surface area (Å²) in [5.74, 6) is 0. The normalized spacial score (nSPS) is 20.1. The number of aliphatic hydroxyl groups excluding tert-OH is 1. The van der Waals surface area contributed by atoms with Crippen LogP contribution in [0, 0.1) is 25.2 Å². The van der Waals surface area contributed by atoms with Crippen LogP contribution in [-0.2, 0) is 6.54 Å². The van der Waals surface area contributed by atoms with Crippen molar-refractivity contribution in [1.82, 2.24) is 8.87 Å². The SMILES string of the molecule is Cc1cc(C)c2c(ccn2SI)c1CN1CCC(O)CC1c1ccc(C#N)cc1. The maximum absolute atomic E-state index is 10.3. The fourth-order valence-corrected chi connectivity index (χ4v) is 5.92. The van der Waals surface area contributed by atoms with Crippen LogP contribution < -0.4 is 0 Å². The first-order chi connectivity index (χ1) is 14.0. The largest absolute Gasteiger partial charge is 0.393 e. The van der Waals surface area contributed by atoms with Crippen molar-refractivity contribution < 1.29 is 5.11 Å². The van der Waals surface area contributed by atoms with Gasteiger partial charge in [0.25, 0.3) is 0 Å². The van der Waals surface area contributed by atoms with Gasteiger partial charge >= 0.3 is 0 Å². The second kappa shape index (κ2) is 8.68. The summed E-state index contributed by atoms with van der Waals surface area (Å²) in [6.45, 7) is 6.10. The topological polar surface area (TPSA) is 52.2 Å². The van der Waals surface area contributed by atoms with Gasteiger partial charge < -0.3 is 5.11 Å².